The van der Waals surface area contributed by atoms with E-state index in [1.165, 1.54) is 4.90 Å². The Morgan fingerprint density at radius 3 is 2.35 bits per heavy atom. The molecule has 0 aromatic rings. The van der Waals surface area contributed by atoms with Crippen LogP contribution in [0.3, 0.4) is 0 Å². The molecule has 1 aliphatic heterocycles. The van der Waals surface area contributed by atoms with Crippen LogP contribution in [0.25, 0.3) is 0 Å². The number of fused-ring (bicyclic) bond motifs is 1. The van der Waals surface area contributed by atoms with E-state index >= 15 is 0 Å². The predicted octanol–water partition coefficient (Wildman–Crippen LogP) is 4.21. The Kier molecular flexibility index (Phi) is 7.90. The third-order valence-electron chi connectivity index (χ3n) is 8.19. The van der Waals surface area contributed by atoms with Gasteiger partial charge in [0.05, 0.1) is 6.61 Å². The number of rotatable bonds is 9. The fraction of sp³-hybridized carbons (Fsp3) is 0.885. The molecule has 0 aromatic carbocycles. The van der Waals surface area contributed by atoms with Gasteiger partial charge in [0.1, 0.15) is 17.7 Å². The smallest absolute Gasteiger partial charge is 0.408 e. The molecule has 8 heteroatoms. The van der Waals surface area contributed by atoms with Crippen molar-refractivity contribution in [1.29, 1.82) is 0 Å². The monoisotopic (exact) mass is 480 g/mol. The van der Waals surface area contributed by atoms with Gasteiger partial charge in [-0.15, -0.1) is 0 Å². The molecule has 0 radical (unpaired) electrons. The Morgan fingerprint density at radius 1 is 1.15 bits per heavy atom. The number of unbranched alkanes of at least 4 members (excludes halogenated alkanes) is 1. The maximum absolute atomic E-state index is 13.9. The van der Waals surface area contributed by atoms with Crippen LogP contribution in [0.15, 0.2) is 0 Å². The fourth-order valence-electron chi connectivity index (χ4n) is 6.15. The summed E-state index contributed by atoms with van der Waals surface area (Å²) in [5, 5.41) is 13.0. The zero-order chi connectivity index (χ0) is 25.3. The molecular weight excluding hydrogens is 436 g/mol. The lowest BCUT2D eigenvalue weighted by Gasteiger charge is -2.43. The molecule has 5 atom stereocenters. The number of ether oxygens (including phenoxy) is 2. The Labute approximate surface area is 204 Å². The van der Waals surface area contributed by atoms with Gasteiger partial charge in [-0.3, -0.25) is 4.79 Å². The van der Waals surface area contributed by atoms with E-state index < -0.39 is 35.2 Å². The maximum atomic E-state index is 13.9. The van der Waals surface area contributed by atoms with Gasteiger partial charge in [-0.05, 0) is 51.4 Å². The fourth-order valence-corrected chi connectivity index (χ4v) is 6.15. The van der Waals surface area contributed by atoms with Crippen molar-refractivity contribution >= 4 is 18.0 Å². The quantitative estimate of drug-likeness (QED) is 0.479. The van der Waals surface area contributed by atoms with E-state index in [9.17, 15) is 19.5 Å². The van der Waals surface area contributed by atoms with Crippen LogP contribution >= 0.6 is 0 Å². The number of piperidine rings is 1. The topological polar surface area (TPSA) is 105 Å². The minimum absolute atomic E-state index is 0.0977. The van der Waals surface area contributed by atoms with Gasteiger partial charge in [0.15, 0.2) is 0 Å². The van der Waals surface area contributed by atoms with Gasteiger partial charge in [-0.1, -0.05) is 46.5 Å². The van der Waals surface area contributed by atoms with E-state index in [1.807, 2.05) is 6.92 Å². The zero-order valence-electron chi connectivity index (χ0n) is 21.8. The molecule has 8 nitrogen and oxygen atoms in total. The lowest BCUT2D eigenvalue weighted by Crippen LogP contribution is -2.60. The highest BCUT2D eigenvalue weighted by molar-refractivity contribution is 5.91. The number of nitrogens with zero attached hydrogens (tertiary/aromatic N) is 1. The van der Waals surface area contributed by atoms with Gasteiger partial charge in [-0.2, -0.15) is 0 Å². The molecule has 2 saturated carbocycles. The lowest BCUT2D eigenvalue weighted by atomic mass is 9.70. The summed E-state index contributed by atoms with van der Waals surface area (Å²) in [5.41, 5.74) is -1.35. The maximum Gasteiger partial charge on any atom is 0.408 e. The Hall–Kier alpha value is -1.83. The number of alkyl carbamates (subject to hydrolysis) is 1. The molecule has 3 rings (SSSR count). The molecule has 3 aliphatic rings. The highest BCUT2D eigenvalue weighted by atomic mass is 16.6. The first kappa shape index (κ1) is 26.8. The van der Waals surface area contributed by atoms with Crippen LogP contribution in [0.4, 0.5) is 4.79 Å². The van der Waals surface area contributed by atoms with Crippen molar-refractivity contribution in [3.63, 3.8) is 0 Å². The van der Waals surface area contributed by atoms with E-state index in [0.717, 1.165) is 44.9 Å². The van der Waals surface area contributed by atoms with Crippen LogP contribution < -0.4 is 5.32 Å². The Bertz CT molecular complexity index is 772. The highest BCUT2D eigenvalue weighted by Gasteiger charge is 2.72. The van der Waals surface area contributed by atoms with Crippen LogP contribution in [-0.4, -0.2) is 65.4 Å². The number of carboxylic acids is 1. The average Bonchev–Trinajstić information content (AvgIpc) is 3.08. The number of likely N-dealkylation sites (tertiary alicyclic amines) is 1. The van der Waals surface area contributed by atoms with E-state index in [1.54, 1.807) is 20.8 Å². The van der Waals surface area contributed by atoms with Gasteiger partial charge in [0.25, 0.3) is 0 Å². The van der Waals surface area contributed by atoms with Crippen LogP contribution in [-0.2, 0) is 19.1 Å². The van der Waals surface area contributed by atoms with Crippen LogP contribution in [0.2, 0.25) is 0 Å². The first-order chi connectivity index (χ1) is 15.8. The molecule has 194 valence electrons. The van der Waals surface area contributed by atoms with Crippen molar-refractivity contribution in [3.05, 3.63) is 0 Å². The van der Waals surface area contributed by atoms with Crippen molar-refractivity contribution in [1.82, 2.24) is 10.2 Å². The first-order valence-corrected chi connectivity index (χ1v) is 12.9. The van der Waals surface area contributed by atoms with Crippen molar-refractivity contribution in [3.8, 4) is 0 Å². The van der Waals surface area contributed by atoms with Gasteiger partial charge < -0.3 is 24.8 Å². The summed E-state index contributed by atoms with van der Waals surface area (Å²) in [6.45, 7) is 13.1. The molecule has 3 fully saturated rings. The number of carbonyl (C=O) groups excluding carboxylic acids is 2. The SMILES string of the molecule is CCCCOC[C@]1(C)C2CN(C(=O)[C@@H](NC(=O)OC(C)(C)C)C3(C)CCCCC3)[C@H](C(=O)O)C21. The minimum atomic E-state index is -0.983. The summed E-state index contributed by atoms with van der Waals surface area (Å²) in [4.78, 5) is 40.5. The van der Waals surface area contributed by atoms with Crippen LogP contribution in [0.5, 0.6) is 0 Å². The van der Waals surface area contributed by atoms with Crippen LogP contribution in [0.1, 0.15) is 86.5 Å². The Morgan fingerprint density at radius 2 is 1.79 bits per heavy atom. The number of amides is 2. The molecule has 2 amide bonds. The number of hydrogen-bond acceptors (Lipinski definition) is 5. The number of aliphatic carboxylic acids is 1. The summed E-state index contributed by atoms with van der Waals surface area (Å²) < 4.78 is 11.3. The van der Waals surface area contributed by atoms with Crippen molar-refractivity contribution < 1.29 is 29.0 Å². The largest absolute Gasteiger partial charge is 0.480 e. The summed E-state index contributed by atoms with van der Waals surface area (Å²) in [5.74, 6) is -1.32. The third kappa shape index (κ3) is 5.52. The van der Waals surface area contributed by atoms with Gasteiger partial charge >= 0.3 is 12.1 Å². The number of carbonyl (C=O) groups is 3. The molecule has 2 unspecified atom stereocenters. The molecule has 0 spiro atoms. The van der Waals surface area contributed by atoms with E-state index in [-0.39, 0.29) is 23.2 Å². The number of nitrogens with one attached hydrogen (secondary N) is 1. The molecule has 0 aromatic heterocycles. The second-order valence-electron chi connectivity index (χ2n) is 12.1. The van der Waals surface area contributed by atoms with Gasteiger partial charge in [0, 0.05) is 24.5 Å². The standard InChI is InChI=1S/C26H44N2O6/c1-7-8-14-33-16-26(6)17-15-28(19(18(17)26)22(30)31)21(29)20(25(5)12-10-9-11-13-25)27-23(32)34-24(2,3)4/h17-20H,7-16H2,1-6H3,(H,27,32)(H,30,31)/t17?,18?,19-,20+,26+/m0/s1. The first-order valence-electron chi connectivity index (χ1n) is 12.9. The summed E-state index contributed by atoms with van der Waals surface area (Å²) >= 11 is 0. The molecule has 34 heavy (non-hydrogen) atoms. The molecule has 1 heterocycles. The second kappa shape index (κ2) is 10.0. The molecule has 1 saturated heterocycles. The van der Waals surface area contributed by atoms with E-state index in [2.05, 4.69) is 19.2 Å². The predicted molar refractivity (Wildman–Crippen MR) is 128 cm³/mol. The number of hydrogen-bond donors (Lipinski definition) is 2. The second-order valence-corrected chi connectivity index (χ2v) is 12.1. The summed E-state index contributed by atoms with van der Waals surface area (Å²) in [6.07, 6.45) is 6.08. The molecule has 2 N–H and O–H groups in total. The van der Waals surface area contributed by atoms with E-state index in [0.29, 0.717) is 19.8 Å². The lowest BCUT2D eigenvalue weighted by molar-refractivity contribution is -0.153. The summed E-state index contributed by atoms with van der Waals surface area (Å²) in [7, 11) is 0. The molecule has 2 aliphatic carbocycles. The van der Waals surface area contributed by atoms with Gasteiger partial charge in [0.2, 0.25) is 5.91 Å². The number of carboxylic acid groups (broad SMARTS) is 1. The molecule has 0 bridgehead atoms. The zero-order valence-corrected chi connectivity index (χ0v) is 21.8. The van der Waals surface area contributed by atoms with E-state index in [4.69, 9.17) is 9.47 Å². The minimum Gasteiger partial charge on any atom is -0.480 e. The van der Waals surface area contributed by atoms with Crippen molar-refractivity contribution in [2.75, 3.05) is 19.8 Å². The highest BCUT2D eigenvalue weighted by Crippen LogP contribution is 2.65. The van der Waals surface area contributed by atoms with Gasteiger partial charge in [-0.25, -0.2) is 9.59 Å². The van der Waals surface area contributed by atoms with Crippen LogP contribution in [0, 0.1) is 22.7 Å². The summed E-state index contributed by atoms with van der Waals surface area (Å²) in [6, 6.07) is -1.71. The third-order valence-corrected chi connectivity index (χ3v) is 8.19. The Balaban J connectivity index is 1.78. The van der Waals surface area contributed by atoms with Crippen molar-refractivity contribution in [2.24, 2.45) is 22.7 Å². The normalized spacial score (nSPS) is 30.9. The molecular formula is C26H44N2O6. The van der Waals surface area contributed by atoms with Crippen molar-refractivity contribution in [2.45, 2.75) is 104 Å². The average molecular weight is 481 g/mol.